The Kier molecular flexibility index (Phi) is 1.77. The summed E-state index contributed by atoms with van der Waals surface area (Å²) in [5, 5.41) is 10.3. The number of thioether (sulfide) groups is 1. The monoisotopic (exact) mass is 169 g/mol. The van der Waals surface area contributed by atoms with Crippen molar-refractivity contribution in [2.24, 2.45) is 0 Å². The van der Waals surface area contributed by atoms with E-state index in [4.69, 9.17) is 0 Å². The summed E-state index contributed by atoms with van der Waals surface area (Å²) in [6.45, 7) is 0. The average molecular weight is 169 g/mol. The predicted octanol–water partition coefficient (Wildman–Crippen LogP) is 1.24. The Hall–Kier alpha value is -0.640. The van der Waals surface area contributed by atoms with Gasteiger partial charge in [0.1, 0.15) is 0 Å². The van der Waals surface area contributed by atoms with Gasteiger partial charge in [-0.2, -0.15) is 16.9 Å². The summed E-state index contributed by atoms with van der Waals surface area (Å²) < 4.78 is 0. The van der Waals surface area contributed by atoms with Crippen LogP contribution < -0.4 is 5.32 Å². The highest BCUT2D eigenvalue weighted by Crippen LogP contribution is 2.27. The van der Waals surface area contributed by atoms with Crippen LogP contribution in [0, 0.1) is 0 Å². The molecule has 0 atom stereocenters. The topological polar surface area (TPSA) is 40.7 Å². The molecule has 2 rings (SSSR count). The Bertz CT molecular complexity index is 243. The number of aromatic nitrogens is 2. The van der Waals surface area contributed by atoms with Crippen LogP contribution in [-0.2, 0) is 12.2 Å². The van der Waals surface area contributed by atoms with Crippen LogP contribution in [0.15, 0.2) is 0 Å². The van der Waals surface area contributed by atoms with Crippen LogP contribution in [0.4, 0.5) is 5.82 Å². The fourth-order valence-corrected chi connectivity index (χ4v) is 2.33. The summed E-state index contributed by atoms with van der Waals surface area (Å²) in [4.78, 5) is 0. The molecule has 0 bridgehead atoms. The van der Waals surface area contributed by atoms with E-state index in [0.29, 0.717) is 0 Å². The molecule has 0 saturated heterocycles. The Morgan fingerprint density at radius 3 is 3.36 bits per heavy atom. The first-order valence-corrected chi connectivity index (χ1v) is 4.89. The zero-order chi connectivity index (χ0) is 7.68. The average Bonchev–Trinajstić information content (AvgIpc) is 2.47. The van der Waals surface area contributed by atoms with E-state index in [1.54, 1.807) is 0 Å². The zero-order valence-electron chi connectivity index (χ0n) is 6.48. The van der Waals surface area contributed by atoms with Crippen LogP contribution in [0.2, 0.25) is 0 Å². The molecule has 0 aromatic carbocycles. The normalized spacial score (nSPS) is 16.1. The summed E-state index contributed by atoms with van der Waals surface area (Å²) >= 11 is 1.97. The van der Waals surface area contributed by atoms with Gasteiger partial charge in [0.05, 0.1) is 0 Å². The summed E-state index contributed by atoms with van der Waals surface area (Å²) in [5.41, 5.74) is 2.68. The molecule has 0 aliphatic carbocycles. The van der Waals surface area contributed by atoms with Crippen molar-refractivity contribution in [3.05, 3.63) is 11.3 Å². The molecule has 2 heterocycles. The Balaban J connectivity index is 2.38. The minimum absolute atomic E-state index is 1.02. The molecule has 1 aliphatic heterocycles. The van der Waals surface area contributed by atoms with Gasteiger partial charge in [0.15, 0.2) is 5.82 Å². The maximum atomic E-state index is 4.17. The molecule has 0 radical (unpaired) electrons. The predicted molar refractivity (Wildman–Crippen MR) is 48.0 cm³/mol. The van der Waals surface area contributed by atoms with Gasteiger partial charge in [-0.1, -0.05) is 0 Å². The van der Waals surface area contributed by atoms with Crippen LogP contribution in [0.25, 0.3) is 0 Å². The molecule has 60 valence electrons. The van der Waals surface area contributed by atoms with Crippen molar-refractivity contribution in [1.29, 1.82) is 0 Å². The Labute approximate surface area is 70.0 Å². The number of hydrogen-bond acceptors (Lipinski definition) is 3. The third kappa shape index (κ3) is 1.11. The van der Waals surface area contributed by atoms with E-state index in [0.717, 1.165) is 18.0 Å². The number of anilines is 1. The molecule has 1 aromatic heterocycles. The number of hydrogen-bond donors (Lipinski definition) is 2. The lowest BCUT2D eigenvalue weighted by atomic mass is 10.2. The number of aromatic amines is 1. The zero-order valence-corrected chi connectivity index (χ0v) is 7.29. The molecule has 0 saturated carbocycles. The van der Waals surface area contributed by atoms with Gasteiger partial charge in [-0.3, -0.25) is 5.10 Å². The molecule has 1 aliphatic rings. The summed E-state index contributed by atoms with van der Waals surface area (Å²) in [6.07, 6.45) is 1.13. The Morgan fingerprint density at radius 1 is 1.64 bits per heavy atom. The van der Waals surface area contributed by atoms with Gasteiger partial charge in [0.2, 0.25) is 0 Å². The van der Waals surface area contributed by atoms with E-state index in [1.807, 2.05) is 18.8 Å². The SMILES string of the molecule is CNc1n[nH]c2c1CSCC2. The molecule has 0 spiro atoms. The molecular weight excluding hydrogens is 158 g/mol. The van der Waals surface area contributed by atoms with Crippen LogP contribution in [0.1, 0.15) is 11.3 Å². The van der Waals surface area contributed by atoms with Crippen molar-refractivity contribution in [3.63, 3.8) is 0 Å². The minimum Gasteiger partial charge on any atom is -0.371 e. The van der Waals surface area contributed by atoms with Gasteiger partial charge in [0, 0.05) is 24.1 Å². The fraction of sp³-hybridized carbons (Fsp3) is 0.571. The van der Waals surface area contributed by atoms with Crippen molar-refractivity contribution in [1.82, 2.24) is 10.2 Å². The van der Waals surface area contributed by atoms with Crippen molar-refractivity contribution >= 4 is 17.6 Å². The molecule has 4 heteroatoms. The second kappa shape index (κ2) is 2.77. The highest BCUT2D eigenvalue weighted by Gasteiger charge is 2.15. The number of rotatable bonds is 1. The van der Waals surface area contributed by atoms with Crippen molar-refractivity contribution in [3.8, 4) is 0 Å². The number of nitrogens with one attached hydrogen (secondary N) is 2. The van der Waals surface area contributed by atoms with Crippen LogP contribution in [0.5, 0.6) is 0 Å². The van der Waals surface area contributed by atoms with E-state index in [-0.39, 0.29) is 0 Å². The van der Waals surface area contributed by atoms with Gasteiger partial charge in [0.25, 0.3) is 0 Å². The van der Waals surface area contributed by atoms with Gasteiger partial charge >= 0.3 is 0 Å². The van der Waals surface area contributed by atoms with Gasteiger partial charge < -0.3 is 5.32 Å². The highest BCUT2D eigenvalue weighted by atomic mass is 32.2. The van der Waals surface area contributed by atoms with Crippen LogP contribution in [0.3, 0.4) is 0 Å². The van der Waals surface area contributed by atoms with Gasteiger partial charge in [-0.25, -0.2) is 0 Å². The molecule has 0 unspecified atom stereocenters. The second-order valence-electron chi connectivity index (χ2n) is 2.58. The molecule has 2 N–H and O–H groups in total. The number of H-pyrrole nitrogens is 1. The summed E-state index contributed by atoms with van der Waals surface area (Å²) in [6, 6.07) is 0. The van der Waals surface area contributed by atoms with Gasteiger partial charge in [-0.05, 0) is 12.2 Å². The first-order chi connectivity index (χ1) is 5.42. The molecule has 0 fully saturated rings. The highest BCUT2D eigenvalue weighted by molar-refractivity contribution is 7.98. The molecule has 3 nitrogen and oxygen atoms in total. The van der Waals surface area contributed by atoms with E-state index >= 15 is 0 Å². The van der Waals surface area contributed by atoms with E-state index in [9.17, 15) is 0 Å². The van der Waals surface area contributed by atoms with Crippen molar-refractivity contribution in [2.75, 3.05) is 18.1 Å². The lowest BCUT2D eigenvalue weighted by Crippen LogP contribution is -2.01. The van der Waals surface area contributed by atoms with Gasteiger partial charge in [-0.15, -0.1) is 0 Å². The standard InChI is InChI=1S/C7H11N3S/c1-8-7-5-4-11-3-2-6(5)9-10-7/h2-4H2,1H3,(H2,8,9,10). The smallest absolute Gasteiger partial charge is 0.151 e. The lowest BCUT2D eigenvalue weighted by molar-refractivity contribution is 0.965. The molecule has 0 amide bonds. The third-order valence-corrected chi connectivity index (χ3v) is 2.92. The summed E-state index contributed by atoms with van der Waals surface area (Å²) in [5.74, 6) is 3.34. The van der Waals surface area contributed by atoms with E-state index < -0.39 is 0 Å². The van der Waals surface area contributed by atoms with Crippen LogP contribution >= 0.6 is 11.8 Å². The maximum Gasteiger partial charge on any atom is 0.151 e. The molecular formula is C7H11N3S. The minimum atomic E-state index is 1.02. The summed E-state index contributed by atoms with van der Waals surface area (Å²) in [7, 11) is 1.91. The number of nitrogens with zero attached hydrogens (tertiary/aromatic N) is 1. The lowest BCUT2D eigenvalue weighted by Gasteiger charge is -2.09. The first kappa shape index (κ1) is 7.03. The van der Waals surface area contributed by atoms with Crippen LogP contribution in [-0.4, -0.2) is 23.0 Å². The first-order valence-electron chi connectivity index (χ1n) is 3.73. The number of fused-ring (bicyclic) bond motifs is 1. The maximum absolute atomic E-state index is 4.17. The third-order valence-electron chi connectivity index (χ3n) is 1.93. The second-order valence-corrected chi connectivity index (χ2v) is 3.69. The van der Waals surface area contributed by atoms with E-state index in [1.165, 1.54) is 17.0 Å². The quantitative estimate of drug-likeness (QED) is 0.664. The number of aryl methyl sites for hydroxylation is 1. The molecule has 1 aromatic rings. The molecule has 11 heavy (non-hydrogen) atoms. The fourth-order valence-electron chi connectivity index (χ4n) is 1.32. The Morgan fingerprint density at radius 2 is 2.55 bits per heavy atom. The van der Waals surface area contributed by atoms with Crippen molar-refractivity contribution < 1.29 is 0 Å². The van der Waals surface area contributed by atoms with E-state index in [2.05, 4.69) is 15.5 Å². The van der Waals surface area contributed by atoms with Crippen molar-refractivity contribution in [2.45, 2.75) is 12.2 Å². The largest absolute Gasteiger partial charge is 0.371 e.